The van der Waals surface area contributed by atoms with Gasteiger partial charge in [0, 0.05) is 56.2 Å². The first-order chi connectivity index (χ1) is 14.5. The lowest BCUT2D eigenvalue weighted by Crippen LogP contribution is -2.56. The molecule has 0 unspecified atom stereocenters. The van der Waals surface area contributed by atoms with Crippen LogP contribution < -0.4 is 4.90 Å². The number of aromatic nitrogens is 1. The van der Waals surface area contributed by atoms with Gasteiger partial charge in [-0.2, -0.15) is 4.31 Å². The number of anilines is 1. The molecule has 0 radical (unpaired) electrons. The molecular weight excluding hydrogens is 416 g/mol. The number of sulfonamides is 1. The molecular formula is C22H32N4O4S. The first-order valence-electron chi connectivity index (χ1n) is 10.5. The molecule has 3 rings (SSSR count). The summed E-state index contributed by atoms with van der Waals surface area (Å²) >= 11 is 0. The van der Waals surface area contributed by atoms with E-state index in [0.717, 1.165) is 17.7 Å². The summed E-state index contributed by atoms with van der Waals surface area (Å²) in [5.41, 5.74) is -0.593. The van der Waals surface area contributed by atoms with Crippen LogP contribution >= 0.6 is 0 Å². The Morgan fingerprint density at radius 1 is 1.23 bits per heavy atom. The van der Waals surface area contributed by atoms with Crippen molar-refractivity contribution < 1.29 is 17.9 Å². The maximum Gasteiger partial charge on any atom is 0.410 e. The maximum absolute atomic E-state index is 13.6. The number of carbonyl (C=O) groups excluding carboxylic acids is 1. The molecule has 8 nitrogen and oxygen atoms in total. The summed E-state index contributed by atoms with van der Waals surface area (Å²) in [6.07, 6.45) is 1.23. The van der Waals surface area contributed by atoms with Gasteiger partial charge < -0.3 is 14.5 Å². The predicted octanol–water partition coefficient (Wildman–Crippen LogP) is 3.32. The number of hydrogen-bond donors (Lipinski definition) is 0. The number of fused-ring (bicyclic) bond motifs is 1. The summed E-state index contributed by atoms with van der Waals surface area (Å²) in [6.45, 7) is 10.8. The van der Waals surface area contributed by atoms with Gasteiger partial charge in [-0.05, 0) is 46.8 Å². The van der Waals surface area contributed by atoms with Gasteiger partial charge in [0.25, 0.3) is 0 Å². The third-order valence-corrected chi connectivity index (χ3v) is 7.46. The second-order valence-corrected chi connectivity index (χ2v) is 10.8. The van der Waals surface area contributed by atoms with E-state index in [1.54, 1.807) is 29.3 Å². The fourth-order valence-corrected chi connectivity index (χ4v) is 5.58. The number of benzene rings is 1. The molecule has 0 spiro atoms. The van der Waals surface area contributed by atoms with Crippen molar-refractivity contribution in [2.45, 2.75) is 51.2 Å². The molecule has 0 bridgehead atoms. The van der Waals surface area contributed by atoms with Crippen LogP contribution in [0.5, 0.6) is 0 Å². The van der Waals surface area contributed by atoms with Crippen molar-refractivity contribution in [1.82, 2.24) is 14.2 Å². The van der Waals surface area contributed by atoms with Crippen molar-refractivity contribution in [2.75, 3.05) is 38.1 Å². The van der Waals surface area contributed by atoms with Gasteiger partial charge in [-0.1, -0.05) is 12.1 Å². The van der Waals surface area contributed by atoms with E-state index >= 15 is 0 Å². The fraction of sp³-hybridized carbons (Fsp3) is 0.545. The molecule has 1 amide bonds. The minimum Gasteiger partial charge on any atom is -0.444 e. The number of ether oxygens (including phenoxy) is 1. The third-order valence-electron chi connectivity index (χ3n) is 5.39. The van der Waals surface area contributed by atoms with Gasteiger partial charge in [0.1, 0.15) is 11.4 Å². The van der Waals surface area contributed by atoms with Gasteiger partial charge in [0.15, 0.2) is 0 Å². The van der Waals surface area contributed by atoms with Gasteiger partial charge in [0.05, 0.1) is 4.90 Å². The predicted molar refractivity (Wildman–Crippen MR) is 122 cm³/mol. The Bertz CT molecular complexity index is 1060. The highest BCUT2D eigenvalue weighted by molar-refractivity contribution is 7.89. The average molecular weight is 449 g/mol. The molecule has 0 saturated carbocycles. The summed E-state index contributed by atoms with van der Waals surface area (Å²) in [7, 11) is -1.83. The first kappa shape index (κ1) is 23.3. The minimum absolute atomic E-state index is 0.214. The van der Waals surface area contributed by atoms with Crippen LogP contribution in [0, 0.1) is 0 Å². The van der Waals surface area contributed by atoms with Crippen LogP contribution in [0.2, 0.25) is 0 Å². The molecule has 1 aliphatic heterocycles. The fourth-order valence-electron chi connectivity index (χ4n) is 3.76. The monoisotopic (exact) mass is 448 g/mol. The van der Waals surface area contributed by atoms with E-state index in [1.807, 2.05) is 52.6 Å². The molecule has 1 aliphatic rings. The zero-order valence-corrected chi connectivity index (χ0v) is 19.9. The number of carbonyl (C=O) groups is 1. The molecule has 0 aliphatic carbocycles. The molecule has 170 valence electrons. The first-order valence-corrected chi connectivity index (χ1v) is 12.0. The lowest BCUT2D eigenvalue weighted by atomic mass is 10.1. The van der Waals surface area contributed by atoms with Gasteiger partial charge in [-0.3, -0.25) is 0 Å². The largest absolute Gasteiger partial charge is 0.444 e. The summed E-state index contributed by atoms with van der Waals surface area (Å²) < 4.78 is 34.2. The smallest absolute Gasteiger partial charge is 0.410 e. The molecule has 2 aromatic rings. The number of hydrogen-bond acceptors (Lipinski definition) is 6. The lowest BCUT2D eigenvalue weighted by Gasteiger charge is -2.39. The molecule has 31 heavy (non-hydrogen) atoms. The van der Waals surface area contributed by atoms with Crippen molar-refractivity contribution in [1.29, 1.82) is 0 Å². The Morgan fingerprint density at radius 2 is 1.94 bits per heavy atom. The minimum atomic E-state index is -3.76. The van der Waals surface area contributed by atoms with Crippen LogP contribution in [-0.4, -0.2) is 73.6 Å². The molecule has 9 heteroatoms. The Kier molecular flexibility index (Phi) is 6.48. The van der Waals surface area contributed by atoms with Crippen molar-refractivity contribution >= 4 is 32.7 Å². The van der Waals surface area contributed by atoms with E-state index in [-0.39, 0.29) is 30.6 Å². The van der Waals surface area contributed by atoms with Crippen LogP contribution in [-0.2, 0) is 14.8 Å². The molecule has 1 atom stereocenters. The SMILES string of the molecule is CCN(C)c1nccc2c(S(=O)(=O)N3CCN(C(=O)OC(C)(C)C)C[C@H]3C)cccc12. The van der Waals surface area contributed by atoms with Gasteiger partial charge >= 0.3 is 6.09 Å². The average Bonchev–Trinajstić information content (AvgIpc) is 2.70. The summed E-state index contributed by atoms with van der Waals surface area (Å²) in [5, 5.41) is 1.45. The van der Waals surface area contributed by atoms with Crippen molar-refractivity contribution in [3.63, 3.8) is 0 Å². The lowest BCUT2D eigenvalue weighted by molar-refractivity contribution is 0.0143. The van der Waals surface area contributed by atoms with E-state index in [1.165, 1.54) is 4.31 Å². The number of pyridine rings is 1. The molecule has 2 heterocycles. The number of piperazine rings is 1. The summed E-state index contributed by atoms with van der Waals surface area (Å²) in [6, 6.07) is 6.66. The zero-order chi connectivity index (χ0) is 23.0. The summed E-state index contributed by atoms with van der Waals surface area (Å²) in [5.74, 6) is 0.750. The second kappa shape index (κ2) is 8.63. The highest BCUT2D eigenvalue weighted by Crippen LogP contribution is 2.32. The van der Waals surface area contributed by atoms with Crippen molar-refractivity contribution in [3.05, 3.63) is 30.5 Å². The van der Waals surface area contributed by atoms with Gasteiger partial charge in [0.2, 0.25) is 10.0 Å². The standard InChI is InChI=1S/C22H32N4O4S/c1-7-24(6)20-18-9-8-10-19(17(18)11-12-23-20)31(28,29)26-14-13-25(15-16(26)2)21(27)30-22(3,4)5/h8-12,16H,7,13-15H2,1-6H3/t16-/m1/s1. The maximum atomic E-state index is 13.6. The van der Waals surface area contributed by atoms with E-state index in [4.69, 9.17) is 4.74 Å². The van der Waals surface area contributed by atoms with Crippen molar-refractivity contribution in [3.8, 4) is 0 Å². The Morgan fingerprint density at radius 3 is 2.55 bits per heavy atom. The molecule has 1 aromatic carbocycles. The van der Waals surface area contributed by atoms with E-state index in [9.17, 15) is 13.2 Å². The van der Waals surface area contributed by atoms with Crippen LogP contribution in [0.1, 0.15) is 34.6 Å². The van der Waals surface area contributed by atoms with E-state index < -0.39 is 21.7 Å². The summed E-state index contributed by atoms with van der Waals surface area (Å²) in [4.78, 5) is 20.7. The van der Waals surface area contributed by atoms with E-state index in [0.29, 0.717) is 5.39 Å². The Hall–Kier alpha value is -2.39. The van der Waals surface area contributed by atoms with E-state index in [2.05, 4.69) is 4.98 Å². The highest BCUT2D eigenvalue weighted by atomic mass is 32.2. The second-order valence-electron chi connectivity index (χ2n) is 8.89. The number of amides is 1. The zero-order valence-electron chi connectivity index (χ0n) is 19.1. The number of nitrogens with zero attached hydrogens (tertiary/aromatic N) is 4. The van der Waals surface area contributed by atoms with Gasteiger partial charge in [-0.15, -0.1) is 0 Å². The van der Waals surface area contributed by atoms with Crippen LogP contribution in [0.3, 0.4) is 0 Å². The molecule has 0 N–H and O–H groups in total. The quantitative estimate of drug-likeness (QED) is 0.714. The third kappa shape index (κ3) is 4.77. The normalized spacial score (nSPS) is 18.3. The van der Waals surface area contributed by atoms with Crippen LogP contribution in [0.25, 0.3) is 10.8 Å². The number of rotatable bonds is 4. The Balaban J connectivity index is 1.91. The molecule has 1 fully saturated rings. The van der Waals surface area contributed by atoms with Crippen molar-refractivity contribution in [2.24, 2.45) is 0 Å². The topological polar surface area (TPSA) is 83.1 Å². The van der Waals surface area contributed by atoms with Crippen LogP contribution in [0.15, 0.2) is 35.4 Å². The van der Waals surface area contributed by atoms with Gasteiger partial charge in [-0.25, -0.2) is 18.2 Å². The highest BCUT2D eigenvalue weighted by Gasteiger charge is 2.37. The Labute approximate surface area is 184 Å². The van der Waals surface area contributed by atoms with Crippen LogP contribution in [0.4, 0.5) is 10.6 Å². The molecule has 1 saturated heterocycles. The molecule has 1 aromatic heterocycles.